The van der Waals surface area contributed by atoms with Crippen LogP contribution in [0, 0.1) is 0 Å². The normalized spacial score (nSPS) is 32.2. The fourth-order valence-electron chi connectivity index (χ4n) is 0.465. The van der Waals surface area contributed by atoms with E-state index < -0.39 is 16.5 Å². The summed E-state index contributed by atoms with van der Waals surface area (Å²) >= 11 is 0. The zero-order valence-corrected chi connectivity index (χ0v) is 5.43. The molecule has 0 radical (unpaired) electrons. The summed E-state index contributed by atoms with van der Waals surface area (Å²) < 4.78 is 29.2. The average molecular weight is 150 g/mol. The van der Waals surface area contributed by atoms with E-state index in [1.54, 1.807) is 0 Å². The van der Waals surface area contributed by atoms with E-state index in [2.05, 4.69) is 14.9 Å². The van der Waals surface area contributed by atoms with Crippen LogP contribution in [0.4, 0.5) is 0 Å². The Morgan fingerprint density at radius 3 is 2.56 bits per heavy atom. The smallest absolute Gasteiger partial charge is 0.245 e. The van der Waals surface area contributed by atoms with Crippen molar-refractivity contribution >= 4 is 10.4 Å². The molecule has 0 amide bonds. The second-order valence-electron chi connectivity index (χ2n) is 1.56. The van der Waals surface area contributed by atoms with E-state index in [9.17, 15) is 8.42 Å². The van der Waals surface area contributed by atoms with E-state index in [1.807, 2.05) is 0 Å². The second kappa shape index (κ2) is 2.09. The predicted octanol–water partition coefficient (Wildman–Crippen LogP) is -0.167. The first-order chi connectivity index (χ1) is 4.14. The molecule has 1 aliphatic heterocycles. The molecule has 1 fully saturated rings. The molecule has 52 valence electrons. The monoisotopic (exact) mass is 150 g/mol. The lowest BCUT2D eigenvalue weighted by Crippen LogP contribution is -2.04. The van der Waals surface area contributed by atoms with Crippen LogP contribution in [0.3, 0.4) is 0 Å². The van der Waals surface area contributed by atoms with Gasteiger partial charge in [-0.1, -0.05) is 6.08 Å². The van der Waals surface area contributed by atoms with Crippen molar-refractivity contribution in [2.75, 3.05) is 6.61 Å². The van der Waals surface area contributed by atoms with Gasteiger partial charge in [0.25, 0.3) is 0 Å². The Bertz CT molecular complexity index is 205. The molecule has 0 N–H and O–H groups in total. The molecule has 5 heteroatoms. The summed E-state index contributed by atoms with van der Waals surface area (Å²) in [4.78, 5) is 0. The lowest BCUT2D eigenvalue weighted by molar-refractivity contribution is 0.288. The summed E-state index contributed by atoms with van der Waals surface area (Å²) in [5.74, 6) is 0. The Kier molecular flexibility index (Phi) is 1.56. The van der Waals surface area contributed by atoms with E-state index in [-0.39, 0.29) is 6.61 Å². The molecule has 4 nitrogen and oxygen atoms in total. The highest BCUT2D eigenvalue weighted by Crippen LogP contribution is 2.12. The first-order valence-electron chi connectivity index (χ1n) is 2.34. The van der Waals surface area contributed by atoms with Crippen LogP contribution in [0.1, 0.15) is 0 Å². The maximum Gasteiger partial charge on any atom is 0.400 e. The van der Waals surface area contributed by atoms with E-state index in [0.29, 0.717) is 0 Å². The summed E-state index contributed by atoms with van der Waals surface area (Å²) in [6.45, 7) is 3.39. The van der Waals surface area contributed by atoms with Crippen molar-refractivity contribution in [3.63, 3.8) is 0 Å². The summed E-state index contributed by atoms with van der Waals surface area (Å²) in [6, 6.07) is 0. The van der Waals surface area contributed by atoms with Gasteiger partial charge in [0.15, 0.2) is 0 Å². The molecule has 9 heavy (non-hydrogen) atoms. The van der Waals surface area contributed by atoms with Gasteiger partial charge in [-0.05, 0) is 0 Å². The minimum absolute atomic E-state index is 0.0475. The molecule has 1 rings (SSSR count). The van der Waals surface area contributed by atoms with Gasteiger partial charge in [-0.15, -0.1) is 6.58 Å². The molecule has 1 atom stereocenters. The quantitative estimate of drug-likeness (QED) is 0.487. The predicted molar refractivity (Wildman–Crippen MR) is 29.9 cm³/mol. The molecule has 1 unspecified atom stereocenters. The van der Waals surface area contributed by atoms with Gasteiger partial charge < -0.3 is 0 Å². The Morgan fingerprint density at radius 1 is 1.67 bits per heavy atom. The molecule has 0 aromatic heterocycles. The molecule has 1 saturated heterocycles. The summed E-state index contributed by atoms with van der Waals surface area (Å²) in [5, 5.41) is 0. The highest BCUT2D eigenvalue weighted by molar-refractivity contribution is 7.82. The first-order valence-corrected chi connectivity index (χ1v) is 3.67. The van der Waals surface area contributed by atoms with Gasteiger partial charge in [0.1, 0.15) is 6.10 Å². The van der Waals surface area contributed by atoms with E-state index >= 15 is 0 Å². The third kappa shape index (κ3) is 1.51. The van der Waals surface area contributed by atoms with Crippen LogP contribution in [0.5, 0.6) is 0 Å². The fourth-order valence-corrected chi connectivity index (χ4v) is 1.26. The van der Waals surface area contributed by atoms with Crippen molar-refractivity contribution in [1.29, 1.82) is 0 Å². The van der Waals surface area contributed by atoms with Gasteiger partial charge in [-0.2, -0.15) is 8.42 Å². The van der Waals surface area contributed by atoms with Crippen molar-refractivity contribution in [1.82, 2.24) is 0 Å². The lowest BCUT2D eigenvalue weighted by Gasteiger charge is -1.91. The Hall–Kier alpha value is -0.390. The molecule has 0 saturated carbocycles. The van der Waals surface area contributed by atoms with Gasteiger partial charge in [0.05, 0.1) is 6.61 Å². The third-order valence-corrected chi connectivity index (χ3v) is 1.79. The van der Waals surface area contributed by atoms with Crippen molar-refractivity contribution < 1.29 is 16.8 Å². The van der Waals surface area contributed by atoms with Crippen LogP contribution in [-0.2, 0) is 18.8 Å². The largest absolute Gasteiger partial charge is 0.400 e. The van der Waals surface area contributed by atoms with E-state index in [1.165, 1.54) is 6.08 Å². The summed E-state index contributed by atoms with van der Waals surface area (Å²) in [7, 11) is -3.68. The van der Waals surface area contributed by atoms with E-state index in [4.69, 9.17) is 0 Å². The first kappa shape index (κ1) is 6.73. The van der Waals surface area contributed by atoms with Crippen molar-refractivity contribution in [2.24, 2.45) is 0 Å². The number of hydrogen-bond acceptors (Lipinski definition) is 4. The van der Waals surface area contributed by atoms with Crippen molar-refractivity contribution in [3.8, 4) is 0 Å². The molecular formula is C4H6O4S. The maximum atomic E-state index is 10.3. The van der Waals surface area contributed by atoms with Gasteiger partial charge in [0.2, 0.25) is 0 Å². The highest BCUT2D eigenvalue weighted by atomic mass is 32.3. The fraction of sp³-hybridized carbons (Fsp3) is 0.500. The Labute approximate surface area is 53.4 Å². The minimum atomic E-state index is -3.68. The van der Waals surface area contributed by atoms with Gasteiger partial charge in [-0.25, -0.2) is 8.37 Å². The van der Waals surface area contributed by atoms with Crippen molar-refractivity contribution in [2.45, 2.75) is 6.10 Å². The highest BCUT2D eigenvalue weighted by Gasteiger charge is 2.27. The molecule has 0 bridgehead atoms. The molecule has 0 aromatic rings. The molecule has 0 aromatic carbocycles. The zero-order chi connectivity index (χ0) is 6.91. The van der Waals surface area contributed by atoms with Crippen LogP contribution < -0.4 is 0 Å². The maximum absolute atomic E-state index is 10.3. The van der Waals surface area contributed by atoms with Crippen LogP contribution in [0.2, 0.25) is 0 Å². The molecule has 0 spiro atoms. The summed E-state index contributed by atoms with van der Waals surface area (Å²) in [6.07, 6.45) is 0.875. The SMILES string of the molecule is C=CC1COS(=O)(=O)O1. The van der Waals surface area contributed by atoms with E-state index in [0.717, 1.165) is 0 Å². The topological polar surface area (TPSA) is 52.6 Å². The molecule has 1 heterocycles. The average Bonchev–Trinajstić information content (AvgIpc) is 2.10. The molecule has 0 aliphatic carbocycles. The summed E-state index contributed by atoms with van der Waals surface area (Å²) in [5.41, 5.74) is 0. The van der Waals surface area contributed by atoms with Crippen LogP contribution in [-0.4, -0.2) is 21.1 Å². The van der Waals surface area contributed by atoms with Crippen molar-refractivity contribution in [3.05, 3.63) is 12.7 Å². The number of hydrogen-bond donors (Lipinski definition) is 0. The van der Waals surface area contributed by atoms with Gasteiger partial charge in [-0.3, -0.25) is 0 Å². The second-order valence-corrected chi connectivity index (χ2v) is 2.81. The minimum Gasteiger partial charge on any atom is -0.245 e. The van der Waals surface area contributed by atoms with Crippen LogP contribution in [0.15, 0.2) is 12.7 Å². The Morgan fingerprint density at radius 2 is 2.33 bits per heavy atom. The third-order valence-electron chi connectivity index (χ3n) is 0.881. The molecular weight excluding hydrogens is 144 g/mol. The van der Waals surface area contributed by atoms with Gasteiger partial charge in [0, 0.05) is 0 Å². The zero-order valence-electron chi connectivity index (χ0n) is 4.61. The standard InChI is InChI=1S/C4H6O4S/c1-2-4-3-7-9(5,6)8-4/h2,4H,1,3H2. The number of rotatable bonds is 1. The Balaban J connectivity index is 2.68. The van der Waals surface area contributed by atoms with Crippen LogP contribution in [0.25, 0.3) is 0 Å². The lowest BCUT2D eigenvalue weighted by atomic mass is 10.4. The van der Waals surface area contributed by atoms with Gasteiger partial charge >= 0.3 is 10.4 Å². The van der Waals surface area contributed by atoms with Crippen LogP contribution >= 0.6 is 0 Å². The molecule has 1 aliphatic rings.